The lowest BCUT2D eigenvalue weighted by molar-refractivity contribution is -0.125. The number of oxime groups is 1. The molecule has 1 heterocycles. The van der Waals surface area contributed by atoms with Crippen molar-refractivity contribution < 1.29 is 18.0 Å². The Morgan fingerprint density at radius 1 is 1.00 bits per heavy atom. The maximum Gasteiger partial charge on any atom is 0.268 e. The van der Waals surface area contributed by atoms with Crippen LogP contribution in [0.3, 0.4) is 0 Å². The van der Waals surface area contributed by atoms with Gasteiger partial charge in [-0.2, -0.15) is 0 Å². The predicted molar refractivity (Wildman–Crippen MR) is 119 cm³/mol. The fraction of sp³-hybridized carbons (Fsp3) is 0.0909. The molecule has 0 saturated heterocycles. The lowest BCUT2D eigenvalue weighted by atomic mass is 10.0. The molecule has 31 heavy (non-hydrogen) atoms. The maximum atomic E-state index is 12.6. The van der Waals surface area contributed by atoms with E-state index < -0.39 is 16.1 Å². The standard InChI is InChI=1S/C22H18ClN3O4S/c23-18-7-3-1-6-17(18)19-13-20(30-26-19)22(27)25-15-11-9-14(10-12-15)16-5-2-4-8-21(16)31(24,28)29/h1-12,20H,13H2,(H,25,27)(H2,24,28,29). The van der Waals surface area contributed by atoms with Gasteiger partial charge in [0, 0.05) is 28.3 Å². The number of sulfonamides is 1. The van der Waals surface area contributed by atoms with Gasteiger partial charge in [-0.25, -0.2) is 13.6 Å². The number of amides is 1. The number of anilines is 1. The van der Waals surface area contributed by atoms with Crippen LogP contribution in [0.4, 0.5) is 5.69 Å². The number of carbonyl (C=O) groups excluding carboxylic acids is 1. The fourth-order valence-corrected chi connectivity index (χ4v) is 4.29. The van der Waals surface area contributed by atoms with Gasteiger partial charge >= 0.3 is 0 Å². The maximum absolute atomic E-state index is 12.6. The molecule has 3 aromatic carbocycles. The molecular weight excluding hydrogens is 438 g/mol. The van der Waals surface area contributed by atoms with Crippen LogP contribution in [0.15, 0.2) is 82.8 Å². The van der Waals surface area contributed by atoms with Crippen molar-refractivity contribution in [3.63, 3.8) is 0 Å². The Labute approximate surface area is 184 Å². The summed E-state index contributed by atoms with van der Waals surface area (Å²) in [6, 6.07) is 20.5. The van der Waals surface area contributed by atoms with Gasteiger partial charge in [-0.05, 0) is 29.8 Å². The van der Waals surface area contributed by atoms with Crippen LogP contribution in [0, 0.1) is 0 Å². The predicted octanol–water partition coefficient (Wildman–Crippen LogP) is 3.79. The second-order valence-corrected chi connectivity index (χ2v) is 8.86. The quantitative estimate of drug-likeness (QED) is 0.609. The summed E-state index contributed by atoms with van der Waals surface area (Å²) in [5, 5.41) is 12.6. The third-order valence-electron chi connectivity index (χ3n) is 4.80. The van der Waals surface area contributed by atoms with Crippen molar-refractivity contribution in [3.05, 3.63) is 83.4 Å². The zero-order chi connectivity index (χ0) is 22.0. The van der Waals surface area contributed by atoms with Gasteiger partial charge < -0.3 is 10.2 Å². The molecule has 4 rings (SSSR count). The number of halogens is 1. The number of nitrogens with zero attached hydrogens (tertiary/aromatic N) is 1. The molecule has 1 aliphatic heterocycles. The summed E-state index contributed by atoms with van der Waals surface area (Å²) in [5.74, 6) is -0.344. The Morgan fingerprint density at radius 2 is 1.65 bits per heavy atom. The molecule has 1 aliphatic rings. The second-order valence-electron chi connectivity index (χ2n) is 6.92. The Hall–Kier alpha value is -3.20. The zero-order valence-electron chi connectivity index (χ0n) is 16.2. The van der Waals surface area contributed by atoms with Crippen molar-refractivity contribution in [2.24, 2.45) is 10.3 Å². The molecule has 0 aliphatic carbocycles. The van der Waals surface area contributed by atoms with Gasteiger partial charge in [-0.1, -0.05) is 65.3 Å². The second kappa shape index (κ2) is 8.50. The zero-order valence-corrected chi connectivity index (χ0v) is 17.7. The Morgan fingerprint density at radius 3 is 2.32 bits per heavy atom. The highest BCUT2D eigenvalue weighted by molar-refractivity contribution is 7.89. The highest BCUT2D eigenvalue weighted by atomic mass is 35.5. The van der Waals surface area contributed by atoms with Gasteiger partial charge in [0.25, 0.3) is 5.91 Å². The molecule has 0 aromatic heterocycles. The van der Waals surface area contributed by atoms with Crippen molar-refractivity contribution in [1.29, 1.82) is 0 Å². The number of carbonyl (C=O) groups is 1. The number of rotatable bonds is 5. The first-order chi connectivity index (χ1) is 14.8. The van der Waals surface area contributed by atoms with E-state index >= 15 is 0 Å². The third kappa shape index (κ3) is 4.61. The minimum absolute atomic E-state index is 0.0374. The van der Waals surface area contributed by atoms with E-state index in [2.05, 4.69) is 10.5 Å². The van der Waals surface area contributed by atoms with E-state index in [-0.39, 0.29) is 10.8 Å². The van der Waals surface area contributed by atoms with Gasteiger partial charge in [0.2, 0.25) is 16.1 Å². The first kappa shape index (κ1) is 21.0. The summed E-state index contributed by atoms with van der Waals surface area (Å²) in [5.41, 5.74) is 3.03. The SMILES string of the molecule is NS(=O)(=O)c1ccccc1-c1ccc(NC(=O)C2CC(c3ccccc3Cl)=NO2)cc1. The molecule has 3 aromatic rings. The van der Waals surface area contributed by atoms with Crippen LogP contribution in [0.2, 0.25) is 5.02 Å². The molecule has 1 amide bonds. The number of hydrogen-bond acceptors (Lipinski definition) is 5. The number of hydrogen-bond donors (Lipinski definition) is 2. The Balaban J connectivity index is 1.45. The van der Waals surface area contributed by atoms with Crippen LogP contribution in [0.1, 0.15) is 12.0 Å². The minimum Gasteiger partial charge on any atom is -0.382 e. The molecule has 0 saturated carbocycles. The number of nitrogens with one attached hydrogen (secondary N) is 1. The van der Waals surface area contributed by atoms with Crippen LogP contribution in [-0.2, 0) is 19.7 Å². The Kier molecular flexibility index (Phi) is 5.77. The molecular formula is C22H18ClN3O4S. The van der Waals surface area contributed by atoms with Crippen molar-refractivity contribution in [1.82, 2.24) is 0 Å². The van der Waals surface area contributed by atoms with E-state index in [1.54, 1.807) is 48.5 Å². The summed E-state index contributed by atoms with van der Waals surface area (Å²) in [6.45, 7) is 0. The molecule has 9 heteroatoms. The van der Waals surface area contributed by atoms with Gasteiger partial charge in [-0.3, -0.25) is 4.79 Å². The highest BCUT2D eigenvalue weighted by Crippen LogP contribution is 2.28. The average Bonchev–Trinajstić information content (AvgIpc) is 3.24. The number of benzene rings is 3. The van der Waals surface area contributed by atoms with E-state index in [4.69, 9.17) is 21.6 Å². The minimum atomic E-state index is -3.86. The summed E-state index contributed by atoms with van der Waals surface area (Å²) >= 11 is 6.18. The Bertz CT molecular complexity index is 1270. The van der Waals surface area contributed by atoms with Crippen molar-refractivity contribution in [2.45, 2.75) is 17.4 Å². The van der Waals surface area contributed by atoms with Crippen LogP contribution in [-0.4, -0.2) is 26.1 Å². The molecule has 0 fully saturated rings. The molecule has 3 N–H and O–H groups in total. The normalized spacial score (nSPS) is 15.8. The summed E-state index contributed by atoms with van der Waals surface area (Å²) in [4.78, 5) is 17.9. The first-order valence-corrected chi connectivity index (χ1v) is 11.3. The average molecular weight is 456 g/mol. The van der Waals surface area contributed by atoms with E-state index in [0.717, 1.165) is 5.56 Å². The molecule has 0 spiro atoms. The summed E-state index contributed by atoms with van der Waals surface area (Å²) in [6.07, 6.45) is -0.468. The molecule has 158 valence electrons. The van der Waals surface area contributed by atoms with Gasteiger partial charge in [0.1, 0.15) is 0 Å². The third-order valence-corrected chi connectivity index (χ3v) is 6.10. The van der Waals surface area contributed by atoms with Gasteiger partial charge in [0.15, 0.2) is 0 Å². The number of nitrogens with two attached hydrogens (primary N) is 1. The van der Waals surface area contributed by atoms with Gasteiger partial charge in [0.05, 0.1) is 10.6 Å². The highest BCUT2D eigenvalue weighted by Gasteiger charge is 2.29. The van der Waals surface area contributed by atoms with E-state index in [1.165, 1.54) is 6.07 Å². The molecule has 1 atom stereocenters. The van der Waals surface area contributed by atoms with Crippen molar-refractivity contribution >= 4 is 38.9 Å². The van der Waals surface area contributed by atoms with Crippen LogP contribution < -0.4 is 10.5 Å². The molecule has 0 bridgehead atoms. The van der Waals surface area contributed by atoms with Crippen molar-refractivity contribution in [2.75, 3.05) is 5.32 Å². The van der Waals surface area contributed by atoms with Gasteiger partial charge in [-0.15, -0.1) is 0 Å². The largest absolute Gasteiger partial charge is 0.382 e. The lowest BCUT2D eigenvalue weighted by Crippen LogP contribution is -2.28. The summed E-state index contributed by atoms with van der Waals surface area (Å²) < 4.78 is 23.6. The van der Waals surface area contributed by atoms with E-state index in [0.29, 0.717) is 34.0 Å². The first-order valence-electron chi connectivity index (χ1n) is 9.33. The summed E-state index contributed by atoms with van der Waals surface area (Å²) in [7, 11) is -3.86. The molecule has 1 unspecified atom stereocenters. The van der Waals surface area contributed by atoms with E-state index in [1.807, 2.05) is 18.2 Å². The van der Waals surface area contributed by atoms with Crippen LogP contribution in [0.5, 0.6) is 0 Å². The topological polar surface area (TPSA) is 111 Å². The van der Waals surface area contributed by atoms with Crippen LogP contribution in [0.25, 0.3) is 11.1 Å². The van der Waals surface area contributed by atoms with E-state index in [9.17, 15) is 13.2 Å². The van der Waals surface area contributed by atoms with Crippen molar-refractivity contribution in [3.8, 4) is 11.1 Å². The number of primary sulfonamides is 1. The molecule has 7 nitrogen and oxygen atoms in total. The van der Waals surface area contributed by atoms with Crippen LogP contribution >= 0.6 is 11.6 Å². The lowest BCUT2D eigenvalue weighted by Gasteiger charge is -2.11. The monoisotopic (exact) mass is 455 g/mol. The smallest absolute Gasteiger partial charge is 0.268 e. The fourth-order valence-electron chi connectivity index (χ4n) is 3.28. The molecule has 0 radical (unpaired) electrons.